The molecule has 0 amide bonds. The molecule has 1 aromatic carbocycles. The Morgan fingerprint density at radius 3 is 2.00 bits per heavy atom. The SMILES string of the molecule is CCOCCOCCOCCCOCc1ccccc1. The molecule has 0 aliphatic carbocycles. The van der Waals surface area contributed by atoms with Gasteiger partial charge >= 0.3 is 0 Å². The number of rotatable bonds is 13. The Hall–Kier alpha value is -0.940. The van der Waals surface area contributed by atoms with E-state index in [4.69, 9.17) is 18.9 Å². The maximum atomic E-state index is 5.56. The average Bonchev–Trinajstić information content (AvgIpc) is 2.49. The second kappa shape index (κ2) is 13.1. The van der Waals surface area contributed by atoms with Crippen molar-refractivity contribution in [2.75, 3.05) is 46.2 Å². The maximum Gasteiger partial charge on any atom is 0.0716 e. The number of benzene rings is 1. The molecule has 0 radical (unpaired) electrons. The molecule has 0 unspecified atom stereocenters. The van der Waals surface area contributed by atoms with E-state index in [0.717, 1.165) is 19.6 Å². The Labute approximate surface area is 122 Å². The highest BCUT2D eigenvalue weighted by molar-refractivity contribution is 5.13. The van der Waals surface area contributed by atoms with Gasteiger partial charge in [-0.05, 0) is 18.9 Å². The predicted molar refractivity (Wildman–Crippen MR) is 78.8 cm³/mol. The fourth-order valence-corrected chi connectivity index (χ4v) is 1.61. The van der Waals surface area contributed by atoms with Crippen LogP contribution in [-0.4, -0.2) is 46.2 Å². The molecule has 20 heavy (non-hydrogen) atoms. The zero-order valence-electron chi connectivity index (χ0n) is 12.4. The molecule has 0 N–H and O–H groups in total. The summed E-state index contributed by atoms with van der Waals surface area (Å²) in [6, 6.07) is 10.2. The van der Waals surface area contributed by atoms with Crippen molar-refractivity contribution in [3.8, 4) is 0 Å². The molecule has 0 aliphatic heterocycles. The summed E-state index contributed by atoms with van der Waals surface area (Å²) < 4.78 is 21.5. The summed E-state index contributed by atoms with van der Waals surface area (Å²) in [4.78, 5) is 0. The zero-order valence-corrected chi connectivity index (χ0v) is 12.4. The van der Waals surface area contributed by atoms with Crippen molar-refractivity contribution >= 4 is 0 Å². The van der Waals surface area contributed by atoms with E-state index in [-0.39, 0.29) is 0 Å². The molecule has 0 aliphatic rings. The summed E-state index contributed by atoms with van der Waals surface area (Å²) in [7, 11) is 0. The normalized spacial score (nSPS) is 10.8. The van der Waals surface area contributed by atoms with Crippen LogP contribution >= 0.6 is 0 Å². The van der Waals surface area contributed by atoms with Gasteiger partial charge in [0.25, 0.3) is 0 Å². The van der Waals surface area contributed by atoms with Gasteiger partial charge in [-0.2, -0.15) is 0 Å². The quantitative estimate of drug-likeness (QED) is 0.521. The lowest BCUT2D eigenvalue weighted by atomic mass is 10.2. The first-order valence-corrected chi connectivity index (χ1v) is 7.28. The summed E-state index contributed by atoms with van der Waals surface area (Å²) in [5.74, 6) is 0. The minimum atomic E-state index is 0.623. The first-order valence-electron chi connectivity index (χ1n) is 7.28. The first kappa shape index (κ1) is 17.1. The third-order valence-electron chi connectivity index (χ3n) is 2.64. The summed E-state index contributed by atoms with van der Waals surface area (Å²) in [5, 5.41) is 0. The van der Waals surface area contributed by atoms with Gasteiger partial charge in [-0.25, -0.2) is 0 Å². The van der Waals surface area contributed by atoms with Gasteiger partial charge in [0.1, 0.15) is 0 Å². The van der Waals surface area contributed by atoms with Crippen LogP contribution in [0.25, 0.3) is 0 Å². The van der Waals surface area contributed by atoms with E-state index in [1.165, 1.54) is 5.56 Å². The lowest BCUT2D eigenvalue weighted by Gasteiger charge is -2.07. The van der Waals surface area contributed by atoms with E-state index >= 15 is 0 Å². The molecule has 0 atom stereocenters. The fraction of sp³-hybridized carbons (Fsp3) is 0.625. The van der Waals surface area contributed by atoms with Gasteiger partial charge in [-0.1, -0.05) is 30.3 Å². The van der Waals surface area contributed by atoms with E-state index in [1.807, 2.05) is 25.1 Å². The Bertz CT molecular complexity index is 303. The van der Waals surface area contributed by atoms with Gasteiger partial charge in [-0.3, -0.25) is 0 Å². The molecule has 4 nitrogen and oxygen atoms in total. The monoisotopic (exact) mass is 282 g/mol. The molecule has 0 bridgehead atoms. The van der Waals surface area contributed by atoms with Crippen molar-refractivity contribution in [3.05, 3.63) is 35.9 Å². The van der Waals surface area contributed by atoms with Gasteiger partial charge in [0.15, 0.2) is 0 Å². The second-order valence-corrected chi connectivity index (χ2v) is 4.31. The van der Waals surface area contributed by atoms with Gasteiger partial charge in [0.2, 0.25) is 0 Å². The standard InChI is InChI=1S/C16H26O4/c1-2-17-11-12-19-14-13-18-9-6-10-20-15-16-7-4-3-5-8-16/h3-5,7-8H,2,6,9-15H2,1H3. The van der Waals surface area contributed by atoms with Crippen LogP contribution in [0.2, 0.25) is 0 Å². The van der Waals surface area contributed by atoms with Crippen LogP contribution in [0.1, 0.15) is 18.9 Å². The van der Waals surface area contributed by atoms with Crippen LogP contribution in [0.4, 0.5) is 0 Å². The van der Waals surface area contributed by atoms with Crippen LogP contribution < -0.4 is 0 Å². The number of hydrogen-bond donors (Lipinski definition) is 0. The fourth-order valence-electron chi connectivity index (χ4n) is 1.61. The van der Waals surface area contributed by atoms with Crippen LogP contribution in [0.3, 0.4) is 0 Å². The zero-order chi connectivity index (χ0) is 14.3. The van der Waals surface area contributed by atoms with Crippen molar-refractivity contribution in [2.45, 2.75) is 20.0 Å². The molecule has 0 aromatic heterocycles. The largest absolute Gasteiger partial charge is 0.379 e. The van der Waals surface area contributed by atoms with Crippen LogP contribution in [-0.2, 0) is 25.6 Å². The second-order valence-electron chi connectivity index (χ2n) is 4.31. The van der Waals surface area contributed by atoms with Crippen molar-refractivity contribution in [2.24, 2.45) is 0 Å². The van der Waals surface area contributed by atoms with E-state index in [1.54, 1.807) is 0 Å². The van der Waals surface area contributed by atoms with E-state index in [2.05, 4.69) is 12.1 Å². The number of hydrogen-bond acceptors (Lipinski definition) is 4. The topological polar surface area (TPSA) is 36.9 Å². The lowest BCUT2D eigenvalue weighted by Crippen LogP contribution is -2.10. The molecular formula is C16H26O4. The maximum absolute atomic E-state index is 5.56. The Balaban J connectivity index is 1.77. The molecule has 0 heterocycles. The third kappa shape index (κ3) is 9.92. The molecule has 0 saturated heterocycles. The van der Waals surface area contributed by atoms with E-state index in [0.29, 0.717) is 39.6 Å². The smallest absolute Gasteiger partial charge is 0.0716 e. The summed E-state index contributed by atoms with van der Waals surface area (Å²) in [6.07, 6.45) is 0.909. The Kier molecular flexibility index (Phi) is 11.2. The van der Waals surface area contributed by atoms with E-state index < -0.39 is 0 Å². The van der Waals surface area contributed by atoms with Crippen molar-refractivity contribution < 1.29 is 18.9 Å². The van der Waals surface area contributed by atoms with Crippen LogP contribution in [0.5, 0.6) is 0 Å². The first-order chi connectivity index (χ1) is 9.93. The third-order valence-corrected chi connectivity index (χ3v) is 2.64. The minimum Gasteiger partial charge on any atom is -0.379 e. The molecule has 1 aromatic rings. The molecule has 1 rings (SSSR count). The molecule has 0 spiro atoms. The van der Waals surface area contributed by atoms with E-state index in [9.17, 15) is 0 Å². The predicted octanol–water partition coefficient (Wildman–Crippen LogP) is 2.66. The van der Waals surface area contributed by atoms with Crippen molar-refractivity contribution in [1.29, 1.82) is 0 Å². The highest BCUT2D eigenvalue weighted by Crippen LogP contribution is 2.00. The Morgan fingerprint density at radius 2 is 1.30 bits per heavy atom. The lowest BCUT2D eigenvalue weighted by molar-refractivity contribution is 0.0111. The van der Waals surface area contributed by atoms with Gasteiger partial charge in [-0.15, -0.1) is 0 Å². The van der Waals surface area contributed by atoms with Crippen LogP contribution in [0.15, 0.2) is 30.3 Å². The van der Waals surface area contributed by atoms with Crippen LogP contribution in [0, 0.1) is 0 Å². The van der Waals surface area contributed by atoms with Crippen molar-refractivity contribution in [1.82, 2.24) is 0 Å². The minimum absolute atomic E-state index is 0.623. The van der Waals surface area contributed by atoms with Gasteiger partial charge in [0.05, 0.1) is 33.0 Å². The Morgan fingerprint density at radius 1 is 0.700 bits per heavy atom. The molecular weight excluding hydrogens is 256 g/mol. The van der Waals surface area contributed by atoms with Gasteiger partial charge < -0.3 is 18.9 Å². The highest BCUT2D eigenvalue weighted by atomic mass is 16.5. The highest BCUT2D eigenvalue weighted by Gasteiger charge is 1.93. The summed E-state index contributed by atoms with van der Waals surface area (Å²) >= 11 is 0. The summed E-state index contributed by atoms with van der Waals surface area (Å²) in [6.45, 7) is 7.36. The average molecular weight is 282 g/mol. The molecule has 0 fully saturated rings. The van der Waals surface area contributed by atoms with Gasteiger partial charge in [0, 0.05) is 19.8 Å². The molecule has 0 saturated carbocycles. The summed E-state index contributed by atoms with van der Waals surface area (Å²) in [5.41, 5.74) is 1.20. The van der Waals surface area contributed by atoms with Crippen molar-refractivity contribution in [3.63, 3.8) is 0 Å². The number of ether oxygens (including phenoxy) is 4. The molecule has 4 heteroatoms. The molecule has 114 valence electrons.